The molecule has 140 heavy (non-hydrogen) atoms. The number of alkyl halides is 3. The monoisotopic (exact) mass is 1990 g/mol. The Balaban J connectivity index is -0.000000174. The molecule has 0 amide bonds. The Bertz CT molecular complexity index is 4240. The van der Waals surface area contributed by atoms with Crippen molar-refractivity contribution in [1.29, 1.82) is 0 Å². The summed E-state index contributed by atoms with van der Waals surface area (Å²) in [4.78, 5) is 66.6. The van der Waals surface area contributed by atoms with Crippen molar-refractivity contribution in [2.24, 2.45) is 0 Å². The van der Waals surface area contributed by atoms with E-state index in [2.05, 4.69) is 195 Å². The Kier molecular flexibility index (Phi) is 96.5. The van der Waals surface area contributed by atoms with E-state index >= 15 is 0 Å². The first-order valence-corrected chi connectivity index (χ1v) is 48.8. The zero-order valence-corrected chi connectivity index (χ0v) is 88.1. The SMILES string of the molecule is C.C.C.C.C.C.CC.CCC/C=C/B1OC(C)(C)C(C)(C)O1.CCC/C=C/c1cc(/C=C/CCC)cc(CC(=O)OC)c1.CCCCCc1cc(CCCCC)cc(CC(=O)O)c1.CCCCCc1cc(CCCCC)cc(CC(=O)OC)c1.CCCCCc1cc(CCCCC)cc(CC(=O)[O-])c1.COC(=O)Cc1cc(C)cc(OS(=O)(=O)C(F)(F)F)c1.COC(=O)Cc1cc(O)cc(O)c1.[Li+].[Na+].[OH-]. The number of halogens is 3. The number of phenolic OH excluding ortho intramolecular Hbond substituents is 2. The predicted molar refractivity (Wildman–Crippen MR) is 566 cm³/mol. The van der Waals surface area contributed by atoms with Crippen LogP contribution in [0.2, 0.25) is 0 Å². The summed E-state index contributed by atoms with van der Waals surface area (Å²) >= 11 is 0. The summed E-state index contributed by atoms with van der Waals surface area (Å²) in [5.41, 5.74) is 9.45. The molecule has 0 bridgehead atoms. The van der Waals surface area contributed by atoms with Crippen LogP contribution in [0.15, 0.2) is 133 Å². The van der Waals surface area contributed by atoms with Gasteiger partial charge in [0.05, 0.1) is 71.7 Å². The number of allylic oxidation sites excluding steroid dienone is 3. The molecule has 0 aromatic heterocycles. The molecular weight excluding hydrogens is 1810 g/mol. The largest absolute Gasteiger partial charge is 1.00 e. The number of carboxylic acid groups (broad SMARTS) is 2. The third-order valence-electron chi connectivity index (χ3n) is 20.9. The van der Waals surface area contributed by atoms with Crippen molar-refractivity contribution in [3.05, 3.63) is 217 Å². The van der Waals surface area contributed by atoms with Crippen molar-refractivity contribution in [3.63, 3.8) is 0 Å². The minimum atomic E-state index is -5.73. The van der Waals surface area contributed by atoms with Gasteiger partial charge in [-0.05, 0) is 245 Å². The number of unbranched alkanes of at least 4 members (excludes halogenated alkanes) is 15. The number of hydrogen-bond donors (Lipinski definition) is 3. The first kappa shape index (κ1) is 152. The van der Waals surface area contributed by atoms with E-state index in [1.165, 1.54) is 201 Å². The number of carboxylic acids is 2. The van der Waals surface area contributed by atoms with E-state index in [0.717, 1.165) is 130 Å². The number of methoxy groups -OCH3 is 4. The van der Waals surface area contributed by atoms with Crippen LogP contribution in [0.5, 0.6) is 17.2 Å². The smallest absolute Gasteiger partial charge is 0.870 e. The van der Waals surface area contributed by atoms with Crippen molar-refractivity contribution in [2.45, 2.75) is 403 Å². The Labute approximate surface area is 881 Å². The first-order chi connectivity index (χ1) is 62.2. The second kappa shape index (κ2) is 88.7. The van der Waals surface area contributed by atoms with Crippen LogP contribution in [0.25, 0.3) is 12.2 Å². The van der Waals surface area contributed by atoms with Crippen LogP contribution in [-0.4, -0.2) is 117 Å². The summed E-state index contributed by atoms with van der Waals surface area (Å²) < 4.78 is 92.4. The maximum Gasteiger partial charge on any atom is 1.00 e. The summed E-state index contributed by atoms with van der Waals surface area (Å²) in [6, 6.07) is 33.3. The van der Waals surface area contributed by atoms with Crippen LogP contribution >= 0.6 is 0 Å². The van der Waals surface area contributed by atoms with E-state index in [0.29, 0.717) is 24.0 Å². The second-order valence-corrected chi connectivity index (χ2v) is 35.1. The molecule has 1 saturated heterocycles. The van der Waals surface area contributed by atoms with Gasteiger partial charge in [-0.3, -0.25) is 24.0 Å². The van der Waals surface area contributed by atoms with Crippen LogP contribution < -0.4 is 57.7 Å². The maximum atomic E-state index is 12.2. The average Bonchev–Trinajstić information content (AvgIpc) is 1.62. The molecule has 1 aliphatic rings. The van der Waals surface area contributed by atoms with Crippen LogP contribution in [0.4, 0.5) is 13.2 Å². The molecule has 1 fully saturated rings. The molecule has 1 aliphatic heterocycles. The summed E-state index contributed by atoms with van der Waals surface area (Å²) in [6.45, 7) is 33.5. The molecule has 0 radical (unpaired) electrons. The molecule has 4 N–H and O–H groups in total. The molecule has 0 aliphatic carbocycles. The molecule has 20 nitrogen and oxygen atoms in total. The summed E-state index contributed by atoms with van der Waals surface area (Å²) in [7, 11) is -0.590. The average molecular weight is 1990 g/mol. The predicted octanol–water partition coefficient (Wildman–Crippen LogP) is 22.5. The van der Waals surface area contributed by atoms with Gasteiger partial charge in [0.15, 0.2) is 0 Å². The number of esters is 4. The third kappa shape index (κ3) is 71.5. The molecule has 7 rings (SSSR count). The molecule has 0 atom stereocenters. The Hall–Kier alpha value is -7.96. The number of aliphatic carboxylic acids is 2. The van der Waals surface area contributed by atoms with Crippen LogP contribution in [-0.2, 0) is 144 Å². The molecule has 0 saturated carbocycles. The number of carbonyl (C=O) groups is 6. The molecule has 0 spiro atoms. The molecule has 0 unspecified atom stereocenters. The van der Waals surface area contributed by atoms with Crippen LogP contribution in [0.1, 0.15) is 386 Å². The van der Waals surface area contributed by atoms with E-state index < -0.39 is 45.3 Å². The van der Waals surface area contributed by atoms with E-state index in [4.69, 9.17) is 34.1 Å². The second-order valence-electron chi connectivity index (χ2n) is 33.6. The van der Waals surface area contributed by atoms with Gasteiger partial charge >= 0.3 is 101 Å². The molecule has 788 valence electrons. The van der Waals surface area contributed by atoms with E-state index in [1.54, 1.807) is 0 Å². The fourth-order valence-electron chi connectivity index (χ4n) is 13.5. The molecular formula is C113H184BF3LiNaO20S. The van der Waals surface area contributed by atoms with Gasteiger partial charge in [0, 0.05) is 18.5 Å². The van der Waals surface area contributed by atoms with Gasteiger partial charge in [0.25, 0.3) is 0 Å². The first-order valence-electron chi connectivity index (χ1n) is 47.4. The Morgan fingerprint density at radius 1 is 0.393 bits per heavy atom. The van der Waals surface area contributed by atoms with Gasteiger partial charge in [0.1, 0.15) is 17.2 Å². The Morgan fingerprint density at radius 2 is 0.657 bits per heavy atom. The zero-order valence-electron chi connectivity index (χ0n) is 85.3. The van der Waals surface area contributed by atoms with Gasteiger partial charge < -0.3 is 63.1 Å². The fourth-order valence-corrected chi connectivity index (χ4v) is 14.0. The summed E-state index contributed by atoms with van der Waals surface area (Å²) in [6.07, 6.45) is 46.6. The van der Waals surface area contributed by atoms with E-state index in [-0.39, 0.29) is 171 Å². The molecule has 1 heterocycles. The maximum absolute atomic E-state index is 12.2. The number of benzene rings is 6. The fraction of sp³-hybridized carbons (Fsp3) is 0.575. The van der Waals surface area contributed by atoms with Crippen molar-refractivity contribution < 1.29 is 157 Å². The summed E-state index contributed by atoms with van der Waals surface area (Å²) in [5, 5.41) is 37.9. The number of aryl methyl sites for hydroxylation is 7. The minimum absolute atomic E-state index is 0. The van der Waals surface area contributed by atoms with Gasteiger partial charge in [-0.2, -0.15) is 21.6 Å². The zero-order chi connectivity index (χ0) is 98.8. The standard InChI is InChI=1S/C19H30O2.C19H26O2.2C18H28O2.C11H21BO2.C11H11F3O5S.C9H10O4.C2H6.6CH4.Li.Na.H2O/c2*1-4-6-8-10-16-12-17(11-9-7-5-2)14-18(13-16)15-19(20)21-3;2*1-3-5-7-9-15-11-16(10-8-6-4-2)13-17(12-15)14-18(19)20;1-6-7-8-9-12-13-10(2,3)11(4,5)14-12;1-7-3-8(6-10(15)18-2)5-9(4-7)19-20(16,17)11(12,13)14;1-13-9(12)4-6-2-7(10)5-8(11)3-6;1-2;;;;;;;;;/h12-14H,4-11,15H2,1-3H3;8-14H,4-7,15H2,1-3H3;2*11-13H,3-10,14H2,1-2H3,(H,19,20);8-9H,6-7H2,1-5H3;3-5H,6H2,1-2H3;2-3,5,10-11H,4H2,1H3;1-2H3;6*1H4;;;1H2/q;;;;;;;;;;;;;;2*+1;/p-2/b;10-8+,11-9+;;;9-8+;;;;;;;;;;;;. The third-order valence-corrected chi connectivity index (χ3v) is 21.9. The van der Waals surface area contributed by atoms with Gasteiger partial charge in [-0.25, -0.2) is 0 Å². The van der Waals surface area contributed by atoms with Crippen LogP contribution in [0.3, 0.4) is 0 Å². The molecule has 27 heteroatoms. The Morgan fingerprint density at radius 3 is 0.929 bits per heavy atom. The van der Waals surface area contributed by atoms with Crippen molar-refractivity contribution >= 4 is 65.2 Å². The number of ether oxygens (including phenoxy) is 4. The van der Waals surface area contributed by atoms with Crippen molar-refractivity contribution in [2.75, 3.05) is 28.4 Å². The number of rotatable bonds is 47. The van der Waals surface area contributed by atoms with E-state index in [1.807, 2.05) is 32.0 Å². The van der Waals surface area contributed by atoms with E-state index in [9.17, 15) is 55.5 Å². The van der Waals surface area contributed by atoms with Gasteiger partial charge in [0.2, 0.25) is 0 Å². The normalized spacial score (nSPS) is 11.5. The van der Waals surface area contributed by atoms with Gasteiger partial charge in [-0.1, -0.05) is 326 Å². The quantitative estimate of drug-likeness (QED) is 0.00798. The van der Waals surface area contributed by atoms with Crippen molar-refractivity contribution in [1.82, 2.24) is 0 Å². The number of phenols is 2. The number of hydrogen-bond acceptors (Lipinski definition) is 19. The van der Waals surface area contributed by atoms with Crippen molar-refractivity contribution in [3.8, 4) is 17.2 Å². The van der Waals surface area contributed by atoms with Gasteiger partial charge in [-0.15, -0.1) is 0 Å². The molecule has 6 aromatic rings. The molecule has 6 aromatic carbocycles. The number of aromatic hydroxyl groups is 2. The topological polar surface area (TPSA) is 315 Å². The van der Waals surface area contributed by atoms with Crippen LogP contribution in [0, 0.1) is 6.92 Å². The summed E-state index contributed by atoms with van der Waals surface area (Å²) in [5.74, 6) is -1.75. The minimum Gasteiger partial charge on any atom is -0.870 e. The number of carbonyl (C=O) groups excluding carboxylic acids is 5.